The van der Waals surface area contributed by atoms with Gasteiger partial charge in [0.15, 0.2) is 6.10 Å². The van der Waals surface area contributed by atoms with E-state index in [1.165, 1.54) is 0 Å². The summed E-state index contributed by atoms with van der Waals surface area (Å²) < 4.78 is 5.68. The van der Waals surface area contributed by atoms with E-state index in [1.54, 1.807) is 19.1 Å². The van der Waals surface area contributed by atoms with Crippen molar-refractivity contribution in [3.8, 4) is 5.75 Å². The lowest BCUT2D eigenvalue weighted by Gasteiger charge is -2.20. The van der Waals surface area contributed by atoms with Gasteiger partial charge in [0.1, 0.15) is 5.75 Å². The van der Waals surface area contributed by atoms with Crippen molar-refractivity contribution >= 4 is 17.5 Å². The molecule has 3 atom stereocenters. The van der Waals surface area contributed by atoms with E-state index in [1.807, 2.05) is 26.0 Å². The highest BCUT2D eigenvalue weighted by atomic mass is 35.5. The quantitative estimate of drug-likeness (QED) is 0.775. The third kappa shape index (κ3) is 6.36. The Morgan fingerprint density at radius 3 is 2.62 bits per heavy atom. The molecule has 0 aliphatic rings. The molecule has 0 aliphatic carbocycles. The van der Waals surface area contributed by atoms with E-state index in [0.717, 1.165) is 0 Å². The highest BCUT2D eigenvalue weighted by Crippen LogP contribution is 2.24. The van der Waals surface area contributed by atoms with E-state index < -0.39 is 6.10 Å². The van der Waals surface area contributed by atoms with Crippen LogP contribution in [-0.2, 0) is 4.79 Å². The molecule has 0 saturated carbocycles. The molecule has 4 nitrogen and oxygen atoms in total. The van der Waals surface area contributed by atoms with E-state index in [9.17, 15) is 9.90 Å². The van der Waals surface area contributed by atoms with Crippen LogP contribution in [0.1, 0.15) is 33.6 Å². The van der Waals surface area contributed by atoms with Crippen molar-refractivity contribution in [2.24, 2.45) is 5.92 Å². The Hall–Kier alpha value is -1.26. The van der Waals surface area contributed by atoms with Crippen LogP contribution in [0.4, 0.5) is 0 Å². The third-order valence-corrected chi connectivity index (χ3v) is 3.45. The van der Waals surface area contributed by atoms with Crippen molar-refractivity contribution in [2.75, 3.05) is 6.54 Å². The minimum absolute atomic E-state index is 0.158. The summed E-state index contributed by atoms with van der Waals surface area (Å²) in [5, 5.41) is 12.7. The van der Waals surface area contributed by atoms with Crippen LogP contribution in [0, 0.1) is 5.92 Å². The van der Waals surface area contributed by atoms with Gasteiger partial charge in [-0.2, -0.15) is 0 Å². The highest BCUT2D eigenvalue weighted by Gasteiger charge is 2.20. The molecule has 118 valence electrons. The Morgan fingerprint density at radius 2 is 2.05 bits per heavy atom. The second kappa shape index (κ2) is 8.90. The number of amides is 1. The maximum Gasteiger partial charge on any atom is 0.261 e. The number of hydrogen-bond donors (Lipinski definition) is 2. The summed E-state index contributed by atoms with van der Waals surface area (Å²) in [7, 11) is 0. The maximum absolute atomic E-state index is 12.1. The third-order valence-electron chi connectivity index (χ3n) is 3.14. The molecule has 21 heavy (non-hydrogen) atoms. The van der Waals surface area contributed by atoms with Crippen LogP contribution < -0.4 is 10.1 Å². The average Bonchev–Trinajstić information content (AvgIpc) is 2.43. The molecule has 1 aromatic rings. The monoisotopic (exact) mass is 313 g/mol. The van der Waals surface area contributed by atoms with Gasteiger partial charge < -0.3 is 15.2 Å². The summed E-state index contributed by atoms with van der Waals surface area (Å²) in [6.45, 7) is 6.14. The smallest absolute Gasteiger partial charge is 0.261 e. The van der Waals surface area contributed by atoms with Crippen molar-refractivity contribution in [3.05, 3.63) is 29.3 Å². The number of ether oxygens (including phenoxy) is 1. The molecular weight excluding hydrogens is 290 g/mol. The predicted octanol–water partition coefficient (Wildman–Crippen LogP) is 3.02. The molecule has 0 bridgehead atoms. The van der Waals surface area contributed by atoms with Crippen LogP contribution in [0.25, 0.3) is 0 Å². The molecule has 1 aromatic carbocycles. The van der Waals surface area contributed by atoms with Gasteiger partial charge in [0, 0.05) is 6.54 Å². The Bertz CT molecular complexity index is 451. The van der Waals surface area contributed by atoms with Crippen LogP contribution in [0.2, 0.25) is 5.02 Å². The van der Waals surface area contributed by atoms with Gasteiger partial charge in [-0.3, -0.25) is 4.79 Å². The van der Waals surface area contributed by atoms with Gasteiger partial charge in [0.05, 0.1) is 11.1 Å². The van der Waals surface area contributed by atoms with Gasteiger partial charge in [-0.15, -0.1) is 0 Å². The minimum atomic E-state index is -0.566. The molecular formula is C16H24ClNO3. The lowest BCUT2D eigenvalue weighted by atomic mass is 10.0. The lowest BCUT2D eigenvalue weighted by molar-refractivity contribution is -0.128. The summed E-state index contributed by atoms with van der Waals surface area (Å²) in [6, 6.07) is 7.10. The summed E-state index contributed by atoms with van der Waals surface area (Å²) in [5.74, 6) is 0.569. The largest absolute Gasteiger partial charge is 0.479 e. The Labute approximate surface area is 131 Å². The molecule has 3 unspecified atom stereocenters. The topological polar surface area (TPSA) is 58.6 Å². The zero-order valence-electron chi connectivity index (χ0n) is 12.8. The number of halogens is 1. The van der Waals surface area contributed by atoms with E-state index in [4.69, 9.17) is 16.3 Å². The standard InChI is InChI=1S/C16H24ClNO3/c1-4-14(21-15-8-6-5-7-13(15)17)16(20)18-10-11(2)9-12(3)19/h5-8,11-12,14,19H,4,9-10H2,1-3H3,(H,18,20). The molecule has 0 aliphatic heterocycles. The molecule has 0 saturated heterocycles. The first-order chi connectivity index (χ1) is 9.93. The number of rotatable bonds is 8. The SMILES string of the molecule is CCC(Oc1ccccc1Cl)C(=O)NCC(C)CC(C)O. The number of benzene rings is 1. The minimum Gasteiger partial charge on any atom is -0.479 e. The van der Waals surface area contributed by atoms with E-state index in [-0.39, 0.29) is 17.9 Å². The summed E-state index contributed by atoms with van der Waals surface area (Å²) in [4.78, 5) is 12.1. The summed E-state index contributed by atoms with van der Waals surface area (Å²) in [6.07, 6.45) is 0.284. The lowest BCUT2D eigenvalue weighted by Crippen LogP contribution is -2.40. The molecule has 0 heterocycles. The van der Waals surface area contributed by atoms with Gasteiger partial charge in [-0.25, -0.2) is 0 Å². The molecule has 2 N–H and O–H groups in total. The molecule has 0 fully saturated rings. The zero-order valence-corrected chi connectivity index (χ0v) is 13.6. The average molecular weight is 314 g/mol. The van der Waals surface area contributed by atoms with Crippen molar-refractivity contribution in [2.45, 2.75) is 45.8 Å². The Kier molecular flexibility index (Phi) is 7.54. The second-order valence-electron chi connectivity index (χ2n) is 5.38. The van der Waals surface area contributed by atoms with Crippen molar-refractivity contribution in [1.29, 1.82) is 0 Å². The molecule has 1 amide bonds. The van der Waals surface area contributed by atoms with Crippen molar-refractivity contribution < 1.29 is 14.6 Å². The summed E-state index contributed by atoms with van der Waals surface area (Å²) >= 11 is 6.03. The number of aliphatic hydroxyl groups is 1. The first-order valence-corrected chi connectivity index (χ1v) is 7.68. The first kappa shape index (κ1) is 17.8. The Balaban J connectivity index is 2.52. The van der Waals surface area contributed by atoms with E-state index in [2.05, 4.69) is 5.32 Å². The molecule has 0 spiro atoms. The van der Waals surface area contributed by atoms with Crippen molar-refractivity contribution in [1.82, 2.24) is 5.32 Å². The van der Waals surface area contributed by atoms with Crippen LogP contribution >= 0.6 is 11.6 Å². The maximum atomic E-state index is 12.1. The normalized spacial score (nSPS) is 15.1. The van der Waals surface area contributed by atoms with Gasteiger partial charge in [0.2, 0.25) is 0 Å². The van der Waals surface area contributed by atoms with Gasteiger partial charge in [0.25, 0.3) is 5.91 Å². The number of para-hydroxylation sites is 1. The fourth-order valence-electron chi connectivity index (χ4n) is 2.07. The fraction of sp³-hybridized carbons (Fsp3) is 0.562. The van der Waals surface area contributed by atoms with Crippen molar-refractivity contribution in [3.63, 3.8) is 0 Å². The second-order valence-corrected chi connectivity index (χ2v) is 5.79. The van der Waals surface area contributed by atoms with Gasteiger partial charge in [-0.1, -0.05) is 37.6 Å². The molecule has 5 heteroatoms. The number of carbonyl (C=O) groups excluding carboxylic acids is 1. The van der Waals surface area contributed by atoms with Gasteiger partial charge >= 0.3 is 0 Å². The van der Waals surface area contributed by atoms with Crippen LogP contribution in [0.15, 0.2) is 24.3 Å². The number of nitrogens with one attached hydrogen (secondary N) is 1. The van der Waals surface area contributed by atoms with Crippen LogP contribution in [0.3, 0.4) is 0 Å². The predicted molar refractivity (Wildman–Crippen MR) is 84.6 cm³/mol. The number of hydrogen-bond acceptors (Lipinski definition) is 3. The molecule has 0 radical (unpaired) electrons. The fourth-order valence-corrected chi connectivity index (χ4v) is 2.25. The van der Waals surface area contributed by atoms with Gasteiger partial charge in [-0.05, 0) is 37.8 Å². The molecule has 1 rings (SSSR count). The zero-order chi connectivity index (χ0) is 15.8. The highest BCUT2D eigenvalue weighted by molar-refractivity contribution is 6.32. The molecule has 0 aromatic heterocycles. The Morgan fingerprint density at radius 1 is 1.38 bits per heavy atom. The van der Waals surface area contributed by atoms with Crippen LogP contribution in [-0.4, -0.2) is 29.8 Å². The number of aliphatic hydroxyl groups excluding tert-OH is 1. The number of carbonyl (C=O) groups is 1. The summed E-state index contributed by atoms with van der Waals surface area (Å²) in [5.41, 5.74) is 0. The van der Waals surface area contributed by atoms with E-state index in [0.29, 0.717) is 30.2 Å². The van der Waals surface area contributed by atoms with Crippen LogP contribution in [0.5, 0.6) is 5.75 Å². The van der Waals surface area contributed by atoms with E-state index >= 15 is 0 Å². The first-order valence-electron chi connectivity index (χ1n) is 7.31.